The summed E-state index contributed by atoms with van der Waals surface area (Å²) in [5.74, 6) is 0.602. The predicted molar refractivity (Wildman–Crippen MR) is 239 cm³/mol. The highest BCUT2D eigenvalue weighted by Crippen LogP contribution is 2.40. The van der Waals surface area contributed by atoms with Crippen molar-refractivity contribution in [3.05, 3.63) is 148 Å². The van der Waals surface area contributed by atoms with E-state index in [1.54, 1.807) is 30.9 Å². The van der Waals surface area contributed by atoms with Gasteiger partial charge in [0.05, 0.1) is 21.1 Å². The summed E-state index contributed by atoms with van der Waals surface area (Å²) in [4.78, 5) is 30.9. The van der Waals surface area contributed by atoms with E-state index in [0.29, 0.717) is 33.4 Å². The molecular weight excluding hydrogens is 790 g/mol. The molecule has 14 heteroatoms. The van der Waals surface area contributed by atoms with Crippen molar-refractivity contribution in [2.45, 2.75) is 16.7 Å². The van der Waals surface area contributed by atoms with E-state index in [0.717, 1.165) is 76.3 Å². The molecule has 0 aliphatic carbocycles. The van der Waals surface area contributed by atoms with Gasteiger partial charge in [0.25, 0.3) is 11.6 Å². The molecule has 3 N–H and O–H groups in total. The Bertz CT molecular complexity index is 2440. The van der Waals surface area contributed by atoms with Gasteiger partial charge in [-0.15, -0.1) is 11.8 Å². The minimum atomic E-state index is -1.71. The summed E-state index contributed by atoms with van der Waals surface area (Å²) >= 11 is 7.90. The Morgan fingerprint density at radius 3 is 2.21 bits per heavy atom. The van der Waals surface area contributed by atoms with Crippen molar-refractivity contribution in [3.8, 4) is 22.4 Å². The van der Waals surface area contributed by atoms with Gasteiger partial charge < -0.3 is 29.7 Å². The van der Waals surface area contributed by atoms with Crippen LogP contribution in [-0.4, -0.2) is 65.1 Å². The standard InChI is InChI=1S/C44H44ClN7O4S2/c1-30-41(44(53)46-2)42(43(49(30)3)31-12-14-33(45)15-13-31)32-8-7-9-36(28-32)51-25-23-50(24-26-51)35-18-16-34(17-19-35)48-58(56)38-20-21-39(40(29-38)52(54)55)47-22-27-57-37-10-5-4-6-11-37/h4-21,28-29,47-48H,22-27H2,1-3H3,(H,46,53). The lowest BCUT2D eigenvalue weighted by atomic mass is 9.96. The van der Waals surface area contributed by atoms with Gasteiger partial charge in [-0.2, -0.15) is 0 Å². The summed E-state index contributed by atoms with van der Waals surface area (Å²) in [6, 6.07) is 38.4. The maximum Gasteiger partial charge on any atom is 0.293 e. The molecule has 298 valence electrons. The maximum atomic E-state index is 13.3. The second-order valence-electron chi connectivity index (χ2n) is 13.8. The van der Waals surface area contributed by atoms with Gasteiger partial charge in [0.1, 0.15) is 5.69 Å². The van der Waals surface area contributed by atoms with Crippen molar-refractivity contribution in [1.29, 1.82) is 0 Å². The van der Waals surface area contributed by atoms with E-state index in [2.05, 4.69) is 47.9 Å². The second kappa shape index (κ2) is 18.2. The first-order valence-electron chi connectivity index (χ1n) is 18.9. The zero-order valence-electron chi connectivity index (χ0n) is 32.4. The number of halogens is 1. The van der Waals surface area contributed by atoms with Gasteiger partial charge in [0.15, 0.2) is 11.0 Å². The topological polar surface area (TPSA) is 125 Å². The van der Waals surface area contributed by atoms with Crippen molar-refractivity contribution in [1.82, 2.24) is 9.88 Å². The maximum absolute atomic E-state index is 13.3. The van der Waals surface area contributed by atoms with Crippen LogP contribution in [0.5, 0.6) is 0 Å². The van der Waals surface area contributed by atoms with Crippen molar-refractivity contribution in [2.75, 3.05) is 65.4 Å². The highest BCUT2D eigenvalue weighted by atomic mass is 35.5. The van der Waals surface area contributed by atoms with Crippen LogP contribution in [0, 0.1) is 17.0 Å². The number of nitro groups is 1. The molecule has 58 heavy (non-hydrogen) atoms. The van der Waals surface area contributed by atoms with Gasteiger partial charge in [-0.1, -0.05) is 54.1 Å². The lowest BCUT2D eigenvalue weighted by Gasteiger charge is -2.37. The van der Waals surface area contributed by atoms with E-state index in [1.165, 1.54) is 6.07 Å². The fourth-order valence-corrected chi connectivity index (χ4v) is 9.01. The minimum absolute atomic E-state index is 0.120. The van der Waals surface area contributed by atoms with Crippen molar-refractivity contribution >= 4 is 68.7 Å². The highest BCUT2D eigenvalue weighted by molar-refractivity contribution is 7.99. The first-order chi connectivity index (χ1) is 28.1. The van der Waals surface area contributed by atoms with Crippen LogP contribution in [0.2, 0.25) is 5.02 Å². The van der Waals surface area contributed by atoms with E-state index in [4.69, 9.17) is 11.6 Å². The Morgan fingerprint density at radius 1 is 0.845 bits per heavy atom. The number of nitro benzene ring substituents is 1. The van der Waals surface area contributed by atoms with Gasteiger partial charge >= 0.3 is 0 Å². The third-order valence-electron chi connectivity index (χ3n) is 10.3. The second-order valence-corrected chi connectivity index (χ2v) is 16.6. The van der Waals surface area contributed by atoms with Crippen LogP contribution in [-0.2, 0) is 18.0 Å². The number of amides is 1. The van der Waals surface area contributed by atoms with E-state index in [-0.39, 0.29) is 11.6 Å². The number of carbonyl (C=O) groups is 1. The van der Waals surface area contributed by atoms with Crippen LogP contribution in [0.3, 0.4) is 0 Å². The van der Waals surface area contributed by atoms with E-state index >= 15 is 0 Å². The molecule has 7 rings (SSSR count). The minimum Gasteiger partial charge on any atom is -0.379 e. The number of piperazine rings is 1. The number of hydrogen-bond donors (Lipinski definition) is 3. The molecule has 11 nitrogen and oxygen atoms in total. The summed E-state index contributed by atoms with van der Waals surface area (Å²) in [5, 5.41) is 18.6. The molecule has 1 aromatic heterocycles. The molecule has 0 bridgehead atoms. The molecule has 5 aromatic carbocycles. The number of anilines is 4. The van der Waals surface area contributed by atoms with Crippen LogP contribution in [0.1, 0.15) is 16.1 Å². The molecule has 2 heterocycles. The lowest BCUT2D eigenvalue weighted by molar-refractivity contribution is -0.384. The largest absolute Gasteiger partial charge is 0.379 e. The van der Waals surface area contributed by atoms with Crippen LogP contribution in [0.25, 0.3) is 22.4 Å². The molecule has 6 aromatic rings. The lowest BCUT2D eigenvalue weighted by Crippen LogP contribution is -2.46. The molecule has 1 atom stereocenters. The molecule has 1 unspecified atom stereocenters. The Morgan fingerprint density at radius 2 is 1.53 bits per heavy atom. The van der Waals surface area contributed by atoms with Gasteiger partial charge in [-0.3, -0.25) is 14.9 Å². The van der Waals surface area contributed by atoms with Gasteiger partial charge in [-0.25, -0.2) is 4.21 Å². The van der Waals surface area contributed by atoms with E-state index < -0.39 is 15.9 Å². The molecule has 1 aliphatic rings. The Kier molecular flexibility index (Phi) is 12.7. The number of hydrogen-bond acceptors (Lipinski definition) is 8. The molecule has 0 radical (unpaired) electrons. The monoisotopic (exact) mass is 833 g/mol. The summed E-state index contributed by atoms with van der Waals surface area (Å²) in [5.41, 5.74) is 8.33. The summed E-state index contributed by atoms with van der Waals surface area (Å²) in [7, 11) is 1.93. The van der Waals surface area contributed by atoms with Crippen LogP contribution < -0.4 is 25.2 Å². The fraction of sp³-hybridized carbons (Fsp3) is 0.205. The van der Waals surface area contributed by atoms with Crippen molar-refractivity contribution in [3.63, 3.8) is 0 Å². The van der Waals surface area contributed by atoms with Crippen molar-refractivity contribution in [2.24, 2.45) is 7.05 Å². The number of rotatable bonds is 14. The number of nitrogens with zero attached hydrogens (tertiary/aromatic N) is 4. The summed E-state index contributed by atoms with van der Waals surface area (Å²) in [6.07, 6.45) is 0. The van der Waals surface area contributed by atoms with Gasteiger partial charge in [0.2, 0.25) is 0 Å². The Labute approximate surface area is 350 Å². The molecule has 1 fully saturated rings. The molecule has 1 amide bonds. The molecule has 0 spiro atoms. The predicted octanol–water partition coefficient (Wildman–Crippen LogP) is 9.25. The van der Waals surface area contributed by atoms with Crippen LogP contribution in [0.4, 0.5) is 28.4 Å². The number of thioether (sulfide) groups is 1. The third-order valence-corrected chi connectivity index (χ3v) is 12.7. The van der Waals surface area contributed by atoms with E-state index in [9.17, 15) is 19.1 Å². The zero-order chi connectivity index (χ0) is 40.8. The first kappa shape index (κ1) is 40.4. The fourth-order valence-electron chi connectivity index (χ4n) is 7.22. The number of benzene rings is 5. The van der Waals surface area contributed by atoms with Crippen LogP contribution >= 0.6 is 23.4 Å². The van der Waals surface area contributed by atoms with E-state index in [1.807, 2.05) is 98.9 Å². The normalized spacial score (nSPS) is 13.2. The van der Waals surface area contributed by atoms with Gasteiger partial charge in [0, 0.05) is 96.9 Å². The summed E-state index contributed by atoms with van der Waals surface area (Å²) in [6.45, 7) is 5.69. The summed E-state index contributed by atoms with van der Waals surface area (Å²) < 4.78 is 18.4. The van der Waals surface area contributed by atoms with Crippen molar-refractivity contribution < 1.29 is 13.9 Å². The Hall–Kier alpha value is -5.76. The quantitative estimate of drug-likeness (QED) is 0.0430. The number of nitrogens with one attached hydrogen (secondary N) is 3. The van der Waals surface area contributed by atoms with Gasteiger partial charge in [-0.05, 0) is 90.8 Å². The average molecular weight is 834 g/mol. The van der Waals surface area contributed by atoms with Crippen LogP contribution in [0.15, 0.2) is 131 Å². The molecule has 0 saturated carbocycles. The number of carbonyl (C=O) groups excluding carboxylic acids is 1. The SMILES string of the molecule is CNC(=O)c1c(-c2cccc(N3CCN(c4ccc(NS(=O)c5ccc(NCCSc6ccccc6)c([N+](=O)[O-])c5)cc4)CC3)c2)c(-c2ccc(Cl)cc2)n(C)c1C. The first-order valence-corrected chi connectivity index (χ1v) is 21.4. The zero-order valence-corrected chi connectivity index (χ0v) is 34.8. The number of aromatic nitrogens is 1. The smallest absolute Gasteiger partial charge is 0.293 e. The molecule has 1 aliphatic heterocycles. The highest BCUT2D eigenvalue weighted by Gasteiger charge is 2.26. The molecule has 1 saturated heterocycles. The third kappa shape index (κ3) is 9.02. The molecular formula is C44H44ClN7O4S2. The Balaban J connectivity index is 0.986. The average Bonchev–Trinajstić information content (AvgIpc) is 3.52.